The van der Waals surface area contributed by atoms with Gasteiger partial charge in [-0.05, 0) is 56.4 Å². The highest BCUT2D eigenvalue weighted by atomic mass is 79.9. The molecule has 2 aliphatic rings. The Balaban J connectivity index is 0.000000145. The Labute approximate surface area is 298 Å². The number of nitrogens with one attached hydrogen (secondary N) is 1. The predicted molar refractivity (Wildman–Crippen MR) is 188 cm³/mol. The fourth-order valence-electron chi connectivity index (χ4n) is 5.21. The summed E-state index contributed by atoms with van der Waals surface area (Å²) in [5.41, 5.74) is 3.46. The van der Waals surface area contributed by atoms with Gasteiger partial charge >= 0.3 is 0 Å². The molecule has 0 amide bonds. The van der Waals surface area contributed by atoms with E-state index >= 15 is 0 Å². The Morgan fingerprint density at radius 1 is 0.745 bits per heavy atom. The van der Waals surface area contributed by atoms with Crippen LogP contribution in [0.15, 0.2) is 61.7 Å². The number of hydrogen-bond donors (Lipinski definition) is 3. The molecule has 2 fully saturated rings. The smallest absolute Gasteiger partial charge is 0.145 e. The highest BCUT2D eigenvalue weighted by molar-refractivity contribution is 9.09. The maximum absolute atomic E-state index is 10.8. The Morgan fingerprint density at radius 2 is 1.30 bits per heavy atom. The van der Waals surface area contributed by atoms with Gasteiger partial charge in [0.15, 0.2) is 0 Å². The standard InChI is InChI=1S/C16H14Cl2N4O.C12H8Cl2N4O.C4H7Br/c17-9-4-5-19-12(6-9)14(23)11-7-22(10-2-1-3-10)16-13(11)15(18)20-8-21-16;13-6-1-2-15-8(3-6)10(19)7-4-16-12-9(7)11(14)17-5-18-12;5-4-2-1-3-4/h4-8,10,14,23H,1-3H2;1-5,10,19H,(H,16,17,18);4H,1-3H2. The Morgan fingerprint density at radius 3 is 1.83 bits per heavy atom. The van der Waals surface area contributed by atoms with Gasteiger partial charge in [0.2, 0.25) is 0 Å². The van der Waals surface area contributed by atoms with Crippen molar-refractivity contribution < 1.29 is 10.2 Å². The minimum atomic E-state index is -0.948. The molecule has 0 radical (unpaired) electrons. The van der Waals surface area contributed by atoms with Crippen molar-refractivity contribution in [2.24, 2.45) is 0 Å². The van der Waals surface area contributed by atoms with Gasteiger partial charge in [-0.1, -0.05) is 68.8 Å². The van der Waals surface area contributed by atoms with Gasteiger partial charge in [-0.3, -0.25) is 9.97 Å². The first kappa shape index (κ1) is 34.0. The zero-order chi connectivity index (χ0) is 33.1. The van der Waals surface area contributed by atoms with E-state index in [0.717, 1.165) is 23.3 Å². The van der Waals surface area contributed by atoms with Gasteiger partial charge in [-0.2, -0.15) is 0 Å². The minimum Gasteiger partial charge on any atom is -0.382 e. The van der Waals surface area contributed by atoms with Crippen LogP contribution in [0.25, 0.3) is 22.1 Å². The van der Waals surface area contributed by atoms with Crippen LogP contribution in [0.3, 0.4) is 0 Å². The SMILES string of the molecule is BrC1CCC1.OC(c1cc(Cl)ccn1)c1c[nH]c2ncnc(Cl)c12.OC(c1cc(Cl)ccn1)c1cn(C2CCC2)c2ncnc(Cl)c12. The molecule has 6 aromatic heterocycles. The molecule has 2 saturated carbocycles. The number of fused-ring (bicyclic) bond motifs is 2. The predicted octanol–water partition coefficient (Wildman–Crippen LogP) is 8.62. The van der Waals surface area contributed by atoms with Crippen molar-refractivity contribution in [2.45, 2.75) is 61.6 Å². The van der Waals surface area contributed by atoms with Gasteiger partial charge < -0.3 is 19.8 Å². The lowest BCUT2D eigenvalue weighted by molar-refractivity contribution is 0.216. The number of pyridine rings is 2. The average molecular weight is 779 g/mol. The molecule has 0 spiro atoms. The highest BCUT2D eigenvalue weighted by Gasteiger charge is 2.27. The van der Waals surface area contributed by atoms with Crippen LogP contribution in [0, 0.1) is 0 Å². The molecule has 10 nitrogen and oxygen atoms in total. The topological polar surface area (TPSA) is 139 Å². The van der Waals surface area contributed by atoms with Crippen molar-refractivity contribution >= 4 is 84.4 Å². The van der Waals surface area contributed by atoms with Crippen LogP contribution in [0.4, 0.5) is 0 Å². The number of nitrogens with zero attached hydrogens (tertiary/aromatic N) is 7. The summed E-state index contributed by atoms with van der Waals surface area (Å²) in [6.45, 7) is 0. The number of hydrogen-bond acceptors (Lipinski definition) is 8. The summed E-state index contributed by atoms with van der Waals surface area (Å²) in [6.07, 6.45) is 15.3. The molecule has 47 heavy (non-hydrogen) atoms. The number of aliphatic hydroxyl groups is 2. The van der Waals surface area contributed by atoms with Gasteiger partial charge in [0.05, 0.1) is 22.2 Å². The summed E-state index contributed by atoms with van der Waals surface area (Å²) in [4.78, 5) is 28.5. The number of aliphatic hydroxyl groups excluding tert-OH is 2. The molecular formula is C32H29BrCl4N8O2. The van der Waals surface area contributed by atoms with E-state index in [1.165, 1.54) is 44.5 Å². The summed E-state index contributed by atoms with van der Waals surface area (Å²) in [6, 6.07) is 6.96. The van der Waals surface area contributed by atoms with Crippen molar-refractivity contribution in [3.63, 3.8) is 0 Å². The molecule has 6 aromatic rings. The molecule has 8 rings (SSSR count). The second kappa shape index (κ2) is 15.1. The van der Waals surface area contributed by atoms with E-state index in [-0.39, 0.29) is 5.15 Å². The van der Waals surface area contributed by atoms with Crippen molar-refractivity contribution in [3.8, 4) is 0 Å². The third kappa shape index (κ3) is 7.57. The molecule has 15 heteroatoms. The molecule has 2 atom stereocenters. The van der Waals surface area contributed by atoms with Crippen molar-refractivity contribution in [1.29, 1.82) is 0 Å². The lowest BCUT2D eigenvalue weighted by atomic mass is 9.93. The third-order valence-electron chi connectivity index (χ3n) is 8.19. The van der Waals surface area contributed by atoms with Crippen LogP contribution < -0.4 is 0 Å². The lowest BCUT2D eigenvalue weighted by Gasteiger charge is -2.27. The molecule has 2 aliphatic carbocycles. The first-order valence-corrected chi connectivity index (χ1v) is 17.4. The summed E-state index contributed by atoms with van der Waals surface area (Å²) >= 11 is 27.7. The van der Waals surface area contributed by atoms with E-state index in [1.54, 1.807) is 36.7 Å². The maximum Gasteiger partial charge on any atom is 0.145 e. The van der Waals surface area contributed by atoms with E-state index in [9.17, 15) is 10.2 Å². The molecule has 244 valence electrons. The van der Waals surface area contributed by atoms with Gasteiger partial charge in [0.25, 0.3) is 0 Å². The second-order valence-electron chi connectivity index (χ2n) is 11.2. The summed E-state index contributed by atoms with van der Waals surface area (Å²) in [7, 11) is 0. The molecular weight excluding hydrogens is 750 g/mol. The zero-order valence-corrected chi connectivity index (χ0v) is 29.4. The fraction of sp³-hybridized carbons (Fsp3) is 0.312. The van der Waals surface area contributed by atoms with Gasteiger partial charge in [0.1, 0.15) is 46.5 Å². The molecule has 0 aliphatic heterocycles. The fourth-order valence-corrected chi connectivity index (χ4v) is 6.67. The first-order valence-electron chi connectivity index (χ1n) is 14.9. The van der Waals surface area contributed by atoms with Crippen molar-refractivity contribution in [2.75, 3.05) is 0 Å². The quantitative estimate of drug-likeness (QED) is 0.117. The van der Waals surface area contributed by atoms with Crippen LogP contribution in [0.5, 0.6) is 0 Å². The highest BCUT2D eigenvalue weighted by Crippen LogP contribution is 2.39. The number of rotatable bonds is 5. The largest absolute Gasteiger partial charge is 0.382 e. The van der Waals surface area contributed by atoms with Crippen molar-refractivity contribution in [3.05, 3.63) is 105 Å². The summed E-state index contributed by atoms with van der Waals surface area (Å²) in [5, 5.41) is 24.1. The van der Waals surface area contributed by atoms with Crippen molar-refractivity contribution in [1.82, 2.24) is 39.5 Å². The molecule has 0 bridgehead atoms. The van der Waals surface area contributed by atoms with Crippen LogP contribution in [-0.2, 0) is 0 Å². The average Bonchev–Trinajstić information content (AvgIpc) is 3.63. The number of alkyl halides is 1. The Kier molecular flexibility index (Phi) is 10.9. The number of halogens is 5. The number of aromatic nitrogens is 8. The number of H-pyrrole nitrogens is 1. The second-order valence-corrected chi connectivity index (χ2v) is 14.1. The molecule has 6 heterocycles. The van der Waals surface area contributed by atoms with Gasteiger partial charge in [0, 0.05) is 56.8 Å². The summed E-state index contributed by atoms with van der Waals surface area (Å²) in [5.74, 6) is 0. The van der Waals surface area contributed by atoms with Crippen LogP contribution in [-0.4, -0.2) is 54.5 Å². The minimum absolute atomic E-state index is 0.280. The van der Waals surface area contributed by atoms with Gasteiger partial charge in [-0.25, -0.2) is 19.9 Å². The van der Waals surface area contributed by atoms with Crippen LogP contribution in [0.2, 0.25) is 20.4 Å². The monoisotopic (exact) mass is 776 g/mol. The van der Waals surface area contributed by atoms with E-state index in [1.807, 2.05) is 6.20 Å². The Hall–Kier alpha value is -2.90. The third-order valence-corrected chi connectivity index (χ3v) is 10.1. The maximum atomic E-state index is 10.8. The van der Waals surface area contributed by atoms with E-state index < -0.39 is 12.2 Å². The number of aromatic amines is 1. The van der Waals surface area contributed by atoms with E-state index in [0.29, 0.717) is 60.2 Å². The first-order chi connectivity index (χ1) is 22.7. The van der Waals surface area contributed by atoms with E-state index in [2.05, 4.69) is 55.4 Å². The Bertz CT molecular complexity index is 2000. The molecule has 3 N–H and O–H groups in total. The molecule has 2 unspecified atom stereocenters. The van der Waals surface area contributed by atoms with Crippen LogP contribution in [0.1, 0.15) is 79.3 Å². The molecule has 0 saturated heterocycles. The summed E-state index contributed by atoms with van der Waals surface area (Å²) < 4.78 is 2.09. The zero-order valence-electron chi connectivity index (χ0n) is 24.7. The van der Waals surface area contributed by atoms with Crippen LogP contribution >= 0.6 is 62.3 Å². The van der Waals surface area contributed by atoms with Gasteiger partial charge in [-0.15, -0.1) is 0 Å². The lowest BCUT2D eigenvalue weighted by Crippen LogP contribution is -2.16. The normalized spacial score (nSPS) is 16.0. The molecule has 0 aromatic carbocycles. The van der Waals surface area contributed by atoms with E-state index in [4.69, 9.17) is 46.4 Å².